The van der Waals surface area contributed by atoms with Crippen LogP contribution in [0.5, 0.6) is 0 Å². The van der Waals surface area contributed by atoms with Crippen molar-refractivity contribution < 1.29 is 0 Å². The number of aryl methyl sites for hydroxylation is 1. The van der Waals surface area contributed by atoms with E-state index in [1.807, 2.05) is 0 Å². The molecule has 1 nitrogen and oxygen atoms in total. The van der Waals surface area contributed by atoms with Crippen molar-refractivity contribution in [1.82, 2.24) is 0 Å². The minimum absolute atomic E-state index is 0.383. The number of hydrogen-bond acceptors (Lipinski definition) is 2. The number of hydrogen-bond donors (Lipinski definition) is 1. The van der Waals surface area contributed by atoms with Crippen LogP contribution in [0.15, 0.2) is 22.7 Å². The molecule has 1 atom stereocenters. The smallest absolute Gasteiger partial charge is 0.0489 e. The summed E-state index contributed by atoms with van der Waals surface area (Å²) in [5, 5.41) is 3.71. The van der Waals surface area contributed by atoms with E-state index < -0.39 is 0 Å². The maximum atomic E-state index is 3.71. The molecule has 0 saturated carbocycles. The molecule has 0 radical (unpaired) electrons. The van der Waals surface area contributed by atoms with Crippen LogP contribution >= 0.6 is 27.7 Å². The SMILES string of the molecule is Cc1cccc(NC2CSCCC2(C)C)c1Br. The molecule has 1 unspecified atom stereocenters. The van der Waals surface area contributed by atoms with E-state index in [2.05, 4.69) is 72.0 Å². The summed E-state index contributed by atoms with van der Waals surface area (Å²) >= 11 is 5.73. The van der Waals surface area contributed by atoms with Gasteiger partial charge in [0.05, 0.1) is 0 Å². The molecule has 1 heterocycles. The summed E-state index contributed by atoms with van der Waals surface area (Å²) in [5.41, 5.74) is 2.90. The Hall–Kier alpha value is -0.150. The summed E-state index contributed by atoms with van der Waals surface area (Å²) in [7, 11) is 0. The molecule has 3 heteroatoms. The van der Waals surface area contributed by atoms with Crippen molar-refractivity contribution in [1.29, 1.82) is 0 Å². The first-order chi connectivity index (χ1) is 8.00. The summed E-state index contributed by atoms with van der Waals surface area (Å²) in [6, 6.07) is 6.97. The van der Waals surface area contributed by atoms with E-state index in [9.17, 15) is 0 Å². The van der Waals surface area contributed by atoms with Gasteiger partial charge in [0.15, 0.2) is 0 Å². The Morgan fingerprint density at radius 1 is 1.41 bits per heavy atom. The van der Waals surface area contributed by atoms with Crippen LogP contribution in [0.1, 0.15) is 25.8 Å². The largest absolute Gasteiger partial charge is 0.380 e. The number of halogens is 1. The lowest BCUT2D eigenvalue weighted by Crippen LogP contribution is -2.41. The van der Waals surface area contributed by atoms with Gasteiger partial charge in [0.2, 0.25) is 0 Å². The summed E-state index contributed by atoms with van der Waals surface area (Å²) in [4.78, 5) is 0. The fourth-order valence-electron chi connectivity index (χ4n) is 2.12. The summed E-state index contributed by atoms with van der Waals surface area (Å²) < 4.78 is 1.20. The zero-order valence-electron chi connectivity index (χ0n) is 10.7. The highest BCUT2D eigenvalue weighted by molar-refractivity contribution is 9.10. The topological polar surface area (TPSA) is 12.0 Å². The third-order valence-corrected chi connectivity index (χ3v) is 5.75. The van der Waals surface area contributed by atoms with Crippen LogP contribution in [0.2, 0.25) is 0 Å². The van der Waals surface area contributed by atoms with Crippen molar-refractivity contribution in [2.75, 3.05) is 16.8 Å². The Morgan fingerprint density at radius 3 is 2.88 bits per heavy atom. The Labute approximate surface area is 117 Å². The lowest BCUT2D eigenvalue weighted by molar-refractivity contribution is 0.305. The molecule has 0 spiro atoms. The minimum Gasteiger partial charge on any atom is -0.380 e. The van der Waals surface area contributed by atoms with Crippen molar-refractivity contribution in [3.8, 4) is 0 Å². The number of thioether (sulfide) groups is 1. The fraction of sp³-hybridized carbons (Fsp3) is 0.571. The van der Waals surface area contributed by atoms with Gasteiger partial charge in [0.1, 0.15) is 0 Å². The first kappa shape index (κ1) is 13.3. The first-order valence-electron chi connectivity index (χ1n) is 6.10. The third kappa shape index (κ3) is 3.00. The number of anilines is 1. The molecule has 0 amide bonds. The van der Waals surface area contributed by atoms with Crippen molar-refractivity contribution in [2.45, 2.75) is 33.2 Å². The van der Waals surface area contributed by atoms with Gasteiger partial charge in [0, 0.05) is 22.0 Å². The monoisotopic (exact) mass is 313 g/mol. The van der Waals surface area contributed by atoms with Crippen molar-refractivity contribution in [3.05, 3.63) is 28.2 Å². The van der Waals surface area contributed by atoms with E-state index in [1.54, 1.807) is 0 Å². The average Bonchev–Trinajstić information content (AvgIpc) is 2.27. The molecular weight excluding hydrogens is 294 g/mol. The lowest BCUT2D eigenvalue weighted by atomic mass is 9.82. The van der Waals surface area contributed by atoms with Gasteiger partial charge >= 0.3 is 0 Å². The van der Waals surface area contributed by atoms with E-state index in [0.29, 0.717) is 11.5 Å². The van der Waals surface area contributed by atoms with Crippen LogP contribution in [0.25, 0.3) is 0 Å². The highest BCUT2D eigenvalue weighted by atomic mass is 79.9. The molecule has 1 saturated heterocycles. The molecule has 1 N–H and O–H groups in total. The Morgan fingerprint density at radius 2 is 2.18 bits per heavy atom. The van der Waals surface area contributed by atoms with Crippen LogP contribution in [0.3, 0.4) is 0 Å². The maximum absolute atomic E-state index is 3.71. The van der Waals surface area contributed by atoms with Crippen molar-refractivity contribution in [2.24, 2.45) is 5.41 Å². The predicted octanol–water partition coefficient (Wildman–Crippen LogP) is 4.70. The van der Waals surface area contributed by atoms with Gasteiger partial charge in [-0.15, -0.1) is 0 Å². The van der Waals surface area contributed by atoms with Gasteiger partial charge in [-0.3, -0.25) is 0 Å². The van der Waals surface area contributed by atoms with E-state index >= 15 is 0 Å². The van der Waals surface area contributed by atoms with E-state index in [4.69, 9.17) is 0 Å². The van der Waals surface area contributed by atoms with E-state index in [1.165, 1.54) is 33.7 Å². The second-order valence-corrected chi connectivity index (χ2v) is 7.39. The molecule has 0 bridgehead atoms. The summed E-state index contributed by atoms with van der Waals surface area (Å²) in [5.74, 6) is 2.49. The third-order valence-electron chi connectivity index (χ3n) is 3.64. The normalized spacial score (nSPS) is 23.4. The first-order valence-corrected chi connectivity index (χ1v) is 8.05. The number of rotatable bonds is 2. The summed E-state index contributed by atoms with van der Waals surface area (Å²) in [6.07, 6.45) is 1.29. The van der Waals surface area contributed by atoms with Gasteiger partial charge in [-0.1, -0.05) is 26.0 Å². The van der Waals surface area contributed by atoms with Crippen LogP contribution in [0.4, 0.5) is 5.69 Å². The highest BCUT2D eigenvalue weighted by Crippen LogP contribution is 2.37. The number of benzene rings is 1. The quantitative estimate of drug-likeness (QED) is 0.849. The van der Waals surface area contributed by atoms with E-state index in [-0.39, 0.29) is 0 Å². The van der Waals surface area contributed by atoms with Gasteiger partial charge < -0.3 is 5.32 Å². The molecule has 17 heavy (non-hydrogen) atoms. The van der Waals surface area contributed by atoms with Gasteiger partial charge in [-0.25, -0.2) is 0 Å². The van der Waals surface area contributed by atoms with Crippen LogP contribution < -0.4 is 5.32 Å². The van der Waals surface area contributed by atoms with Crippen LogP contribution in [-0.2, 0) is 0 Å². The molecule has 1 fully saturated rings. The molecular formula is C14H20BrNS. The lowest BCUT2D eigenvalue weighted by Gasteiger charge is -2.39. The van der Waals surface area contributed by atoms with Crippen LogP contribution in [0, 0.1) is 12.3 Å². The second-order valence-electron chi connectivity index (χ2n) is 5.45. The van der Waals surface area contributed by atoms with Gasteiger partial charge in [-0.05, 0) is 52.1 Å². The molecule has 1 aromatic carbocycles. The summed E-state index contributed by atoms with van der Waals surface area (Å²) in [6.45, 7) is 6.87. The molecule has 0 aromatic heterocycles. The highest BCUT2D eigenvalue weighted by Gasteiger charge is 2.32. The molecule has 1 aliphatic heterocycles. The number of nitrogens with one attached hydrogen (secondary N) is 1. The van der Waals surface area contributed by atoms with E-state index in [0.717, 1.165) is 0 Å². The molecule has 1 aromatic rings. The van der Waals surface area contributed by atoms with Gasteiger partial charge in [-0.2, -0.15) is 11.8 Å². The Kier molecular flexibility index (Phi) is 4.09. The minimum atomic E-state index is 0.383. The second kappa shape index (κ2) is 5.23. The zero-order chi connectivity index (χ0) is 12.5. The zero-order valence-corrected chi connectivity index (χ0v) is 13.1. The molecule has 2 rings (SSSR count). The van der Waals surface area contributed by atoms with Crippen molar-refractivity contribution >= 4 is 33.4 Å². The molecule has 94 valence electrons. The Bertz CT molecular complexity index is 403. The molecule has 0 aliphatic carbocycles. The Balaban J connectivity index is 2.17. The fourth-order valence-corrected chi connectivity index (χ4v) is 4.11. The van der Waals surface area contributed by atoms with Gasteiger partial charge in [0.25, 0.3) is 0 Å². The predicted molar refractivity (Wildman–Crippen MR) is 82.0 cm³/mol. The molecule has 1 aliphatic rings. The van der Waals surface area contributed by atoms with Crippen LogP contribution in [-0.4, -0.2) is 17.5 Å². The average molecular weight is 314 g/mol. The standard InChI is InChI=1S/C14H20BrNS/c1-10-5-4-6-11(13(10)15)16-12-9-17-8-7-14(12,2)3/h4-6,12,16H,7-9H2,1-3H3. The maximum Gasteiger partial charge on any atom is 0.0489 e. The van der Waals surface area contributed by atoms with Crippen molar-refractivity contribution in [3.63, 3.8) is 0 Å².